The van der Waals surface area contributed by atoms with E-state index < -0.39 is 11.8 Å². The lowest BCUT2D eigenvalue weighted by molar-refractivity contribution is 0.196. The summed E-state index contributed by atoms with van der Waals surface area (Å²) >= 11 is 0. The average Bonchev–Trinajstić information content (AvgIpc) is 2.47. The highest BCUT2D eigenvalue weighted by atomic mass is 16.4. The number of hydrogen-bond donors (Lipinski definition) is 1. The number of aryl methyl sites for hydroxylation is 2. The Kier molecular flexibility index (Phi) is 2.07. The van der Waals surface area contributed by atoms with Crippen LogP contribution < -0.4 is 5.69 Å². The van der Waals surface area contributed by atoms with Crippen molar-refractivity contribution in [1.29, 1.82) is 0 Å². The quantitative estimate of drug-likeness (QED) is 0.751. The van der Waals surface area contributed by atoms with E-state index in [1.165, 1.54) is 0 Å². The second-order valence-electron chi connectivity index (χ2n) is 4.29. The van der Waals surface area contributed by atoms with Crippen molar-refractivity contribution in [1.82, 2.24) is 9.13 Å². The van der Waals surface area contributed by atoms with Gasteiger partial charge in [0.15, 0.2) is 0 Å². The molecule has 5 heteroatoms. The van der Waals surface area contributed by atoms with Crippen molar-refractivity contribution < 1.29 is 9.90 Å². The SMILES string of the molecule is O=C(O)n1c(=O)n2c3c(cccc31)CCCC2. The minimum atomic E-state index is -1.21. The van der Waals surface area contributed by atoms with Crippen LogP contribution in [0.3, 0.4) is 0 Å². The third-order valence-electron chi connectivity index (χ3n) is 3.30. The molecule has 1 aliphatic heterocycles. The van der Waals surface area contributed by atoms with E-state index in [-0.39, 0.29) is 0 Å². The van der Waals surface area contributed by atoms with Gasteiger partial charge in [0.2, 0.25) is 0 Å². The van der Waals surface area contributed by atoms with E-state index in [1.54, 1.807) is 10.6 Å². The molecular formula is C12H12N2O3. The molecule has 0 saturated heterocycles. The largest absolute Gasteiger partial charge is 0.464 e. The minimum Gasteiger partial charge on any atom is -0.464 e. The molecule has 5 nitrogen and oxygen atoms in total. The first-order valence-electron chi connectivity index (χ1n) is 5.66. The van der Waals surface area contributed by atoms with Crippen LogP contribution >= 0.6 is 0 Å². The number of carbonyl (C=O) groups is 1. The monoisotopic (exact) mass is 232 g/mol. The van der Waals surface area contributed by atoms with Crippen molar-refractivity contribution in [3.63, 3.8) is 0 Å². The molecule has 17 heavy (non-hydrogen) atoms. The first kappa shape index (κ1) is 10.1. The van der Waals surface area contributed by atoms with E-state index in [4.69, 9.17) is 5.11 Å². The molecule has 2 aromatic rings. The van der Waals surface area contributed by atoms with Gasteiger partial charge in [0.1, 0.15) is 0 Å². The third-order valence-corrected chi connectivity index (χ3v) is 3.30. The molecule has 1 aromatic heterocycles. The Morgan fingerprint density at radius 2 is 2.12 bits per heavy atom. The number of rotatable bonds is 0. The summed E-state index contributed by atoms with van der Waals surface area (Å²) in [5.41, 5.74) is 1.92. The second-order valence-corrected chi connectivity index (χ2v) is 4.29. The van der Waals surface area contributed by atoms with Gasteiger partial charge in [0.25, 0.3) is 0 Å². The Morgan fingerprint density at radius 1 is 1.29 bits per heavy atom. The van der Waals surface area contributed by atoms with E-state index in [0.717, 1.165) is 34.9 Å². The lowest BCUT2D eigenvalue weighted by Crippen LogP contribution is -2.28. The standard InChI is InChI=1S/C12H12N2O3/c15-11-13-7-2-1-4-8-5-3-6-9(10(8)13)14(11)12(16)17/h3,5-6H,1-2,4,7H2,(H,16,17). The highest BCUT2D eigenvalue weighted by molar-refractivity contribution is 5.88. The van der Waals surface area contributed by atoms with Crippen LogP contribution in [0.4, 0.5) is 4.79 Å². The Morgan fingerprint density at radius 3 is 2.88 bits per heavy atom. The second kappa shape index (κ2) is 3.48. The van der Waals surface area contributed by atoms with Crippen LogP contribution in [-0.4, -0.2) is 20.3 Å². The van der Waals surface area contributed by atoms with Gasteiger partial charge in [-0.25, -0.2) is 9.59 Å². The molecule has 0 fully saturated rings. The van der Waals surface area contributed by atoms with Gasteiger partial charge in [-0.2, -0.15) is 4.57 Å². The molecule has 1 N–H and O–H groups in total. The van der Waals surface area contributed by atoms with Crippen LogP contribution in [0.1, 0.15) is 18.4 Å². The lowest BCUT2D eigenvalue weighted by Gasteiger charge is -2.00. The summed E-state index contributed by atoms with van der Waals surface area (Å²) in [4.78, 5) is 23.2. The molecular weight excluding hydrogens is 220 g/mol. The van der Waals surface area contributed by atoms with Crippen LogP contribution in [0.5, 0.6) is 0 Å². The molecule has 88 valence electrons. The Hall–Kier alpha value is -2.04. The molecule has 0 spiro atoms. The molecule has 3 rings (SSSR count). The predicted molar refractivity (Wildman–Crippen MR) is 62.6 cm³/mol. The molecule has 0 saturated carbocycles. The average molecular weight is 232 g/mol. The van der Waals surface area contributed by atoms with Gasteiger partial charge in [-0.15, -0.1) is 0 Å². The summed E-state index contributed by atoms with van der Waals surface area (Å²) in [6, 6.07) is 5.47. The fourth-order valence-corrected chi connectivity index (χ4v) is 2.57. The zero-order valence-electron chi connectivity index (χ0n) is 9.22. The first-order chi connectivity index (χ1) is 8.20. The molecule has 0 aliphatic carbocycles. The summed E-state index contributed by atoms with van der Waals surface area (Å²) in [5, 5.41) is 9.10. The predicted octanol–water partition coefficient (Wildman–Crippen LogP) is 1.67. The van der Waals surface area contributed by atoms with Gasteiger partial charge >= 0.3 is 11.8 Å². The zero-order chi connectivity index (χ0) is 12.0. The molecule has 0 bridgehead atoms. The van der Waals surface area contributed by atoms with E-state index >= 15 is 0 Å². The third kappa shape index (κ3) is 1.32. The van der Waals surface area contributed by atoms with Gasteiger partial charge in [-0.05, 0) is 30.9 Å². The maximum atomic E-state index is 12.0. The minimum absolute atomic E-state index is 0.443. The van der Waals surface area contributed by atoms with Crippen molar-refractivity contribution in [2.45, 2.75) is 25.8 Å². The number of hydrogen-bond acceptors (Lipinski definition) is 2. The molecule has 1 aliphatic rings. The van der Waals surface area contributed by atoms with Crippen LogP contribution in [0.25, 0.3) is 11.0 Å². The smallest absolute Gasteiger partial charge is 0.420 e. The molecule has 0 amide bonds. The van der Waals surface area contributed by atoms with E-state index in [0.29, 0.717) is 12.1 Å². The first-order valence-corrected chi connectivity index (χ1v) is 5.66. The molecule has 1 aromatic carbocycles. The maximum absolute atomic E-state index is 12.0. The highest BCUT2D eigenvalue weighted by Gasteiger charge is 2.21. The topological polar surface area (TPSA) is 64.2 Å². The highest BCUT2D eigenvalue weighted by Crippen LogP contribution is 2.23. The fourth-order valence-electron chi connectivity index (χ4n) is 2.57. The van der Waals surface area contributed by atoms with Crippen LogP contribution in [0.2, 0.25) is 0 Å². The van der Waals surface area contributed by atoms with Crippen molar-refractivity contribution in [2.75, 3.05) is 0 Å². The normalized spacial score (nSPS) is 14.8. The number of benzene rings is 1. The summed E-state index contributed by atoms with van der Waals surface area (Å²) in [6.07, 6.45) is 1.64. The number of nitrogens with zero attached hydrogens (tertiary/aromatic N) is 2. The number of para-hydroxylation sites is 1. The van der Waals surface area contributed by atoms with E-state index in [1.807, 2.05) is 12.1 Å². The van der Waals surface area contributed by atoms with Crippen LogP contribution in [-0.2, 0) is 13.0 Å². The van der Waals surface area contributed by atoms with Crippen molar-refractivity contribution in [2.24, 2.45) is 0 Å². The van der Waals surface area contributed by atoms with E-state index in [9.17, 15) is 9.59 Å². The van der Waals surface area contributed by atoms with Crippen molar-refractivity contribution in [3.8, 4) is 0 Å². The fraction of sp³-hybridized carbons (Fsp3) is 0.333. The number of carboxylic acid groups (broad SMARTS) is 1. The van der Waals surface area contributed by atoms with Crippen molar-refractivity contribution >= 4 is 17.1 Å². The zero-order valence-corrected chi connectivity index (χ0v) is 9.22. The number of aromatic nitrogens is 2. The maximum Gasteiger partial charge on any atom is 0.420 e. The molecule has 0 radical (unpaired) electrons. The summed E-state index contributed by atoms with van der Waals surface area (Å²) in [5.74, 6) is 0. The summed E-state index contributed by atoms with van der Waals surface area (Å²) in [6.45, 7) is 0.604. The van der Waals surface area contributed by atoms with Gasteiger partial charge in [0, 0.05) is 6.54 Å². The summed E-state index contributed by atoms with van der Waals surface area (Å²) < 4.78 is 2.43. The van der Waals surface area contributed by atoms with Gasteiger partial charge < -0.3 is 5.11 Å². The Balaban J connectivity index is 2.50. The molecule has 2 heterocycles. The molecule has 0 unspecified atom stereocenters. The van der Waals surface area contributed by atoms with Gasteiger partial charge in [0.05, 0.1) is 11.0 Å². The van der Waals surface area contributed by atoms with E-state index in [2.05, 4.69) is 0 Å². The van der Waals surface area contributed by atoms with Crippen molar-refractivity contribution in [3.05, 3.63) is 34.2 Å². The van der Waals surface area contributed by atoms with Gasteiger partial charge in [-0.1, -0.05) is 12.1 Å². The Bertz CT molecular complexity index is 666. The van der Waals surface area contributed by atoms with Crippen LogP contribution in [0, 0.1) is 0 Å². The molecule has 0 atom stereocenters. The summed E-state index contributed by atoms with van der Waals surface area (Å²) in [7, 11) is 0. The van der Waals surface area contributed by atoms with Crippen LogP contribution in [0.15, 0.2) is 23.0 Å². The lowest BCUT2D eigenvalue weighted by atomic mass is 10.1. The number of imidazole rings is 1. The Labute approximate surface area is 96.9 Å². The van der Waals surface area contributed by atoms with Gasteiger partial charge in [-0.3, -0.25) is 4.57 Å².